The molecule has 2 heterocycles. The fourth-order valence-electron chi connectivity index (χ4n) is 5.59. The minimum atomic E-state index is -0.838. The Bertz CT molecular complexity index is 971. The number of nitrogens with one attached hydrogen (secondary N) is 1. The number of aryl methyl sites for hydroxylation is 1. The zero-order valence-corrected chi connectivity index (χ0v) is 21.5. The molecule has 1 aromatic carbocycles. The zero-order chi connectivity index (χ0) is 25.7. The highest BCUT2D eigenvalue weighted by atomic mass is 16.5. The number of amides is 5. The Hall–Kier alpha value is -3.10. The molecule has 2 aliphatic heterocycles. The van der Waals surface area contributed by atoms with Crippen molar-refractivity contribution in [2.75, 3.05) is 39.8 Å². The van der Waals surface area contributed by atoms with Gasteiger partial charge < -0.3 is 19.9 Å². The van der Waals surface area contributed by atoms with Crippen LogP contribution in [0.3, 0.4) is 0 Å². The van der Waals surface area contributed by atoms with E-state index in [1.54, 1.807) is 12.0 Å². The number of imide groups is 1. The van der Waals surface area contributed by atoms with Gasteiger partial charge in [0, 0.05) is 32.6 Å². The second kappa shape index (κ2) is 11.3. The molecule has 0 atom stereocenters. The van der Waals surface area contributed by atoms with Gasteiger partial charge in [0.05, 0.1) is 7.11 Å². The second-order valence-corrected chi connectivity index (χ2v) is 10.2. The van der Waals surface area contributed by atoms with Gasteiger partial charge in [-0.1, -0.05) is 25.5 Å². The molecule has 0 radical (unpaired) electrons. The molecule has 0 aromatic heterocycles. The van der Waals surface area contributed by atoms with Crippen molar-refractivity contribution < 1.29 is 23.9 Å². The van der Waals surface area contributed by atoms with Crippen molar-refractivity contribution in [2.24, 2.45) is 5.92 Å². The summed E-state index contributed by atoms with van der Waals surface area (Å²) in [6.45, 7) is 3.87. The smallest absolute Gasteiger partial charge is 0.325 e. The van der Waals surface area contributed by atoms with E-state index in [1.165, 1.54) is 0 Å². The van der Waals surface area contributed by atoms with Crippen molar-refractivity contribution >= 4 is 23.8 Å². The number of hydrogen-bond donors (Lipinski definition) is 1. The summed E-state index contributed by atoms with van der Waals surface area (Å²) in [4.78, 5) is 56.2. The number of nitrogens with zero attached hydrogens (tertiary/aromatic N) is 3. The van der Waals surface area contributed by atoms with E-state index in [1.807, 2.05) is 29.2 Å². The molecular formula is C27H38N4O5. The number of carbonyl (C=O) groups excluding carboxylic acids is 4. The molecule has 0 unspecified atom stereocenters. The molecule has 2 saturated heterocycles. The van der Waals surface area contributed by atoms with E-state index >= 15 is 0 Å². The van der Waals surface area contributed by atoms with Gasteiger partial charge in [-0.25, -0.2) is 4.79 Å². The fraction of sp³-hybridized carbons (Fsp3) is 0.630. The van der Waals surface area contributed by atoms with Crippen LogP contribution in [-0.4, -0.2) is 83.8 Å². The predicted octanol–water partition coefficient (Wildman–Crippen LogP) is 2.58. The standard InChI is InChI=1S/C27H38N4O5/c1-3-20-11-13-27(14-12-20)25(34)31(26(35)28-27)19-24(33)30-16-4-15-29(17-18-30)23(32)10-7-21-5-8-22(36-2)9-6-21/h5-6,8-9,20H,3-4,7,10-19H2,1-2H3,(H,28,35). The first-order chi connectivity index (χ1) is 17.3. The molecule has 9 heteroatoms. The fourth-order valence-corrected chi connectivity index (χ4v) is 5.59. The molecule has 3 aliphatic rings. The maximum Gasteiger partial charge on any atom is 0.325 e. The van der Waals surface area contributed by atoms with Gasteiger partial charge in [0.15, 0.2) is 0 Å². The SMILES string of the molecule is CCC1CCC2(CC1)NC(=O)N(CC(=O)N1CCCN(C(=O)CCc3ccc(OC)cc3)CC1)C2=O. The lowest BCUT2D eigenvalue weighted by atomic mass is 9.75. The molecule has 36 heavy (non-hydrogen) atoms. The van der Waals surface area contributed by atoms with E-state index < -0.39 is 11.6 Å². The number of rotatable bonds is 7. The van der Waals surface area contributed by atoms with Gasteiger partial charge in [-0.2, -0.15) is 0 Å². The van der Waals surface area contributed by atoms with Crippen molar-refractivity contribution in [3.63, 3.8) is 0 Å². The molecule has 1 saturated carbocycles. The molecule has 5 amide bonds. The minimum Gasteiger partial charge on any atom is -0.497 e. The van der Waals surface area contributed by atoms with Crippen molar-refractivity contribution in [1.29, 1.82) is 0 Å². The Balaban J connectivity index is 1.26. The Morgan fingerprint density at radius 3 is 2.25 bits per heavy atom. The zero-order valence-electron chi connectivity index (χ0n) is 21.5. The molecule has 0 bridgehead atoms. The maximum absolute atomic E-state index is 13.2. The van der Waals surface area contributed by atoms with Crippen LogP contribution in [0.1, 0.15) is 57.4 Å². The highest BCUT2D eigenvalue weighted by Crippen LogP contribution is 2.37. The monoisotopic (exact) mass is 498 g/mol. The van der Waals surface area contributed by atoms with Crippen LogP contribution in [0.2, 0.25) is 0 Å². The highest BCUT2D eigenvalue weighted by molar-refractivity contribution is 6.09. The lowest BCUT2D eigenvalue weighted by Crippen LogP contribution is -2.50. The first-order valence-corrected chi connectivity index (χ1v) is 13.2. The van der Waals surface area contributed by atoms with Crippen molar-refractivity contribution in [3.8, 4) is 5.75 Å². The van der Waals surface area contributed by atoms with Crippen LogP contribution in [0.25, 0.3) is 0 Å². The summed E-state index contributed by atoms with van der Waals surface area (Å²) in [6.07, 6.45) is 5.91. The van der Waals surface area contributed by atoms with Crippen molar-refractivity contribution in [3.05, 3.63) is 29.8 Å². The van der Waals surface area contributed by atoms with Crippen molar-refractivity contribution in [1.82, 2.24) is 20.0 Å². The maximum atomic E-state index is 13.2. The van der Waals surface area contributed by atoms with E-state index in [2.05, 4.69) is 12.2 Å². The first-order valence-electron chi connectivity index (χ1n) is 13.2. The summed E-state index contributed by atoms with van der Waals surface area (Å²) >= 11 is 0. The third-order valence-corrected chi connectivity index (χ3v) is 8.06. The first kappa shape index (κ1) is 26.0. The summed E-state index contributed by atoms with van der Waals surface area (Å²) in [5.41, 5.74) is 0.236. The molecule has 1 N–H and O–H groups in total. The lowest BCUT2D eigenvalue weighted by molar-refractivity contribution is -0.139. The number of urea groups is 1. The van der Waals surface area contributed by atoms with Gasteiger partial charge in [0.1, 0.15) is 17.8 Å². The largest absolute Gasteiger partial charge is 0.497 e. The number of carbonyl (C=O) groups is 4. The van der Waals surface area contributed by atoms with Gasteiger partial charge in [-0.15, -0.1) is 0 Å². The Morgan fingerprint density at radius 1 is 1.00 bits per heavy atom. The second-order valence-electron chi connectivity index (χ2n) is 10.2. The highest BCUT2D eigenvalue weighted by Gasteiger charge is 2.52. The molecular weight excluding hydrogens is 460 g/mol. The molecule has 9 nitrogen and oxygen atoms in total. The van der Waals surface area contributed by atoms with E-state index in [-0.39, 0.29) is 24.3 Å². The Morgan fingerprint density at radius 2 is 1.64 bits per heavy atom. The van der Waals surface area contributed by atoms with Crippen LogP contribution in [0.5, 0.6) is 5.75 Å². The van der Waals surface area contributed by atoms with Crippen LogP contribution >= 0.6 is 0 Å². The molecule has 1 spiro atoms. The predicted molar refractivity (Wildman–Crippen MR) is 134 cm³/mol. The summed E-state index contributed by atoms with van der Waals surface area (Å²) in [7, 11) is 1.62. The quantitative estimate of drug-likeness (QED) is 0.583. The van der Waals surface area contributed by atoms with Crippen LogP contribution in [0.15, 0.2) is 24.3 Å². The third-order valence-electron chi connectivity index (χ3n) is 8.06. The average Bonchev–Trinajstić information content (AvgIpc) is 3.07. The van der Waals surface area contributed by atoms with Crippen LogP contribution in [0.4, 0.5) is 4.79 Å². The van der Waals surface area contributed by atoms with E-state index in [4.69, 9.17) is 4.74 Å². The van der Waals surface area contributed by atoms with Gasteiger partial charge in [-0.05, 0) is 62.1 Å². The average molecular weight is 499 g/mol. The number of hydrogen-bond acceptors (Lipinski definition) is 5. The Kier molecular flexibility index (Phi) is 8.16. The van der Waals surface area contributed by atoms with E-state index in [0.717, 1.165) is 35.5 Å². The van der Waals surface area contributed by atoms with Crippen LogP contribution in [-0.2, 0) is 20.8 Å². The number of benzene rings is 1. The van der Waals surface area contributed by atoms with Crippen LogP contribution in [0, 0.1) is 5.92 Å². The van der Waals surface area contributed by atoms with Gasteiger partial charge in [0.2, 0.25) is 11.8 Å². The lowest BCUT2D eigenvalue weighted by Gasteiger charge is -2.34. The van der Waals surface area contributed by atoms with Gasteiger partial charge in [-0.3, -0.25) is 19.3 Å². The normalized spacial score (nSPS) is 24.6. The van der Waals surface area contributed by atoms with E-state index in [0.29, 0.717) is 64.2 Å². The van der Waals surface area contributed by atoms with Gasteiger partial charge in [0.25, 0.3) is 5.91 Å². The van der Waals surface area contributed by atoms with E-state index in [9.17, 15) is 19.2 Å². The summed E-state index contributed by atoms with van der Waals surface area (Å²) in [6, 6.07) is 7.24. The molecule has 196 valence electrons. The summed E-state index contributed by atoms with van der Waals surface area (Å²) in [5.74, 6) is 0.939. The topological polar surface area (TPSA) is 99.3 Å². The molecule has 1 aromatic rings. The number of methoxy groups -OCH3 is 1. The Labute approximate surface area is 213 Å². The molecule has 4 rings (SSSR count). The van der Waals surface area contributed by atoms with Gasteiger partial charge >= 0.3 is 6.03 Å². The van der Waals surface area contributed by atoms with Crippen LogP contribution < -0.4 is 10.1 Å². The third kappa shape index (κ3) is 5.65. The molecule has 3 fully saturated rings. The minimum absolute atomic E-state index is 0.0684. The molecule has 1 aliphatic carbocycles. The summed E-state index contributed by atoms with van der Waals surface area (Å²) < 4.78 is 5.17. The van der Waals surface area contributed by atoms with Crippen molar-refractivity contribution in [2.45, 2.75) is 63.8 Å². The number of ether oxygens (including phenoxy) is 1. The summed E-state index contributed by atoms with van der Waals surface area (Å²) in [5, 5.41) is 2.90.